The van der Waals surface area contributed by atoms with Crippen LogP contribution < -0.4 is 9.64 Å². The Morgan fingerprint density at radius 1 is 1.18 bits per heavy atom. The second kappa shape index (κ2) is 10.3. The van der Waals surface area contributed by atoms with E-state index in [1.54, 1.807) is 12.5 Å². The highest BCUT2D eigenvalue weighted by Gasteiger charge is 2.37. The highest BCUT2D eigenvalue weighted by molar-refractivity contribution is 6.74. The van der Waals surface area contributed by atoms with Crippen molar-refractivity contribution in [3.8, 4) is 17.1 Å². The average Bonchev–Trinajstić information content (AvgIpc) is 3.62. The van der Waals surface area contributed by atoms with E-state index in [2.05, 4.69) is 53.9 Å². The number of anilines is 1. The predicted octanol–water partition coefficient (Wildman–Crippen LogP) is 5.71. The standard InChI is InChI=1S/C27H35F2N7O2Si/c1-27(2,3)39(5,6)38-11-9-21-23(32-16-31-21)19-14-33-36-15-20(29)25(34-24(19)36)35-10-7-8-22(35)18-12-17(28)13-30-26(18)37-4/h12-16,22H,7-11H2,1-6H3,(H,31,32)/t22-/m1/s1. The van der Waals surface area contributed by atoms with Crippen molar-refractivity contribution in [1.29, 1.82) is 0 Å². The number of ether oxygens (including phenoxy) is 1. The minimum Gasteiger partial charge on any atom is -0.481 e. The smallest absolute Gasteiger partial charge is 0.218 e. The van der Waals surface area contributed by atoms with Crippen molar-refractivity contribution in [2.45, 2.75) is 64.2 Å². The zero-order valence-electron chi connectivity index (χ0n) is 23.3. The second-order valence-corrected chi connectivity index (χ2v) is 16.2. The summed E-state index contributed by atoms with van der Waals surface area (Å²) < 4.78 is 42.7. The summed E-state index contributed by atoms with van der Waals surface area (Å²) in [7, 11) is -0.396. The number of hydrogen-bond acceptors (Lipinski definition) is 7. The van der Waals surface area contributed by atoms with Gasteiger partial charge in [-0.3, -0.25) is 0 Å². The fraction of sp³-hybridized carbons (Fsp3) is 0.481. The third-order valence-corrected chi connectivity index (χ3v) is 12.5. The van der Waals surface area contributed by atoms with Crippen LogP contribution >= 0.6 is 0 Å². The van der Waals surface area contributed by atoms with Gasteiger partial charge in [0.05, 0.1) is 49.3 Å². The van der Waals surface area contributed by atoms with Crippen LogP contribution in [-0.2, 0) is 10.8 Å². The Morgan fingerprint density at radius 2 is 1.97 bits per heavy atom. The lowest BCUT2D eigenvalue weighted by molar-refractivity contribution is 0.291. The Bertz CT molecular complexity index is 1480. The molecule has 9 nitrogen and oxygen atoms in total. The third kappa shape index (κ3) is 5.14. The number of aromatic amines is 1. The molecule has 208 valence electrons. The normalized spacial score (nSPS) is 16.4. The zero-order valence-corrected chi connectivity index (χ0v) is 24.3. The predicted molar refractivity (Wildman–Crippen MR) is 147 cm³/mol. The lowest BCUT2D eigenvalue weighted by Crippen LogP contribution is -2.41. The highest BCUT2D eigenvalue weighted by Crippen LogP contribution is 2.40. The molecular weight excluding hydrogens is 520 g/mol. The molecule has 0 bridgehead atoms. The van der Waals surface area contributed by atoms with Gasteiger partial charge in [-0.05, 0) is 37.0 Å². The number of methoxy groups -OCH3 is 1. The van der Waals surface area contributed by atoms with Crippen LogP contribution in [0.25, 0.3) is 16.9 Å². The number of fused-ring (bicyclic) bond motifs is 1. The third-order valence-electron chi connectivity index (χ3n) is 7.95. The molecule has 0 saturated carbocycles. The van der Waals surface area contributed by atoms with Gasteiger partial charge in [-0.2, -0.15) is 5.10 Å². The maximum absolute atomic E-state index is 15.4. The molecule has 0 amide bonds. The number of hydrogen-bond donors (Lipinski definition) is 1. The van der Waals surface area contributed by atoms with Crippen LogP contribution in [0, 0.1) is 11.6 Å². The van der Waals surface area contributed by atoms with Crippen molar-refractivity contribution in [2.24, 2.45) is 0 Å². The summed E-state index contributed by atoms with van der Waals surface area (Å²) in [6.45, 7) is 12.2. The lowest BCUT2D eigenvalue weighted by atomic mass is 10.1. The Balaban J connectivity index is 1.46. The summed E-state index contributed by atoms with van der Waals surface area (Å²) in [5.41, 5.74) is 3.37. The first kappa shape index (κ1) is 27.2. The van der Waals surface area contributed by atoms with Gasteiger partial charge in [0.15, 0.2) is 25.6 Å². The first-order valence-corrected chi connectivity index (χ1v) is 16.1. The van der Waals surface area contributed by atoms with Crippen LogP contribution in [-0.4, -0.2) is 58.1 Å². The molecule has 1 aliphatic heterocycles. The van der Waals surface area contributed by atoms with Gasteiger partial charge in [0.1, 0.15) is 5.82 Å². The van der Waals surface area contributed by atoms with Crippen molar-refractivity contribution in [2.75, 3.05) is 25.2 Å². The Labute approximate surface area is 227 Å². The van der Waals surface area contributed by atoms with Crippen molar-refractivity contribution in [3.63, 3.8) is 0 Å². The van der Waals surface area contributed by atoms with E-state index in [1.165, 1.54) is 23.9 Å². The van der Waals surface area contributed by atoms with E-state index in [4.69, 9.17) is 14.1 Å². The van der Waals surface area contributed by atoms with Crippen LogP contribution in [0.3, 0.4) is 0 Å². The topological polar surface area (TPSA) is 93.5 Å². The first-order chi connectivity index (χ1) is 18.5. The van der Waals surface area contributed by atoms with Gasteiger partial charge in [-0.15, -0.1) is 0 Å². The molecule has 1 saturated heterocycles. The molecule has 39 heavy (non-hydrogen) atoms. The Morgan fingerprint density at radius 3 is 2.72 bits per heavy atom. The zero-order chi connectivity index (χ0) is 27.9. The van der Waals surface area contributed by atoms with E-state index in [-0.39, 0.29) is 16.9 Å². The monoisotopic (exact) mass is 555 g/mol. The SMILES string of the molecule is COc1ncc(F)cc1[C@H]1CCCN1c1nc2c(-c3nc[nH]c3CCO[Si](C)(C)C(C)(C)C)cnn2cc1F. The maximum atomic E-state index is 15.4. The largest absolute Gasteiger partial charge is 0.481 e. The molecule has 0 aromatic carbocycles. The highest BCUT2D eigenvalue weighted by atomic mass is 28.4. The molecule has 0 spiro atoms. The molecule has 4 aromatic heterocycles. The summed E-state index contributed by atoms with van der Waals surface area (Å²) in [4.78, 5) is 18.4. The van der Waals surface area contributed by atoms with Gasteiger partial charge < -0.3 is 19.0 Å². The average molecular weight is 556 g/mol. The molecule has 1 aliphatic rings. The lowest BCUT2D eigenvalue weighted by Gasteiger charge is -2.36. The Hall–Kier alpha value is -3.38. The van der Waals surface area contributed by atoms with Crippen LogP contribution in [0.4, 0.5) is 14.6 Å². The molecule has 5 heterocycles. The van der Waals surface area contributed by atoms with E-state index in [1.807, 2.05) is 4.90 Å². The van der Waals surface area contributed by atoms with E-state index >= 15 is 4.39 Å². The second-order valence-electron chi connectivity index (χ2n) is 11.4. The molecule has 1 atom stereocenters. The molecule has 0 aliphatic carbocycles. The van der Waals surface area contributed by atoms with Crippen LogP contribution in [0.2, 0.25) is 18.1 Å². The minimum atomic E-state index is -1.89. The number of aromatic nitrogens is 6. The summed E-state index contributed by atoms with van der Waals surface area (Å²) in [5.74, 6) is -0.488. The quantitative estimate of drug-likeness (QED) is 0.279. The number of rotatable bonds is 8. The number of nitrogens with zero attached hydrogens (tertiary/aromatic N) is 6. The summed E-state index contributed by atoms with van der Waals surface area (Å²) in [6, 6.07) is 1.07. The molecule has 0 radical (unpaired) electrons. The fourth-order valence-corrected chi connectivity index (χ4v) is 5.86. The van der Waals surface area contributed by atoms with E-state index < -0.39 is 20.0 Å². The summed E-state index contributed by atoms with van der Waals surface area (Å²) in [5, 5.41) is 4.47. The van der Waals surface area contributed by atoms with Crippen molar-refractivity contribution in [1.82, 2.24) is 29.5 Å². The molecule has 4 aromatic rings. The minimum absolute atomic E-state index is 0.121. The van der Waals surface area contributed by atoms with E-state index in [0.29, 0.717) is 54.3 Å². The molecular formula is C27H35F2N7O2Si. The molecule has 0 unspecified atom stereocenters. The number of pyridine rings is 1. The van der Waals surface area contributed by atoms with Gasteiger partial charge in [-0.1, -0.05) is 20.8 Å². The van der Waals surface area contributed by atoms with Gasteiger partial charge >= 0.3 is 0 Å². The van der Waals surface area contributed by atoms with E-state index in [9.17, 15) is 4.39 Å². The number of halogens is 2. The number of imidazole rings is 1. The van der Waals surface area contributed by atoms with Crippen molar-refractivity contribution in [3.05, 3.63) is 53.9 Å². The summed E-state index contributed by atoms with van der Waals surface area (Å²) in [6.07, 6.45) is 7.87. The summed E-state index contributed by atoms with van der Waals surface area (Å²) >= 11 is 0. The van der Waals surface area contributed by atoms with Gasteiger partial charge in [0, 0.05) is 30.8 Å². The fourth-order valence-electron chi connectivity index (χ4n) is 4.81. The number of H-pyrrole nitrogens is 1. The van der Waals surface area contributed by atoms with Crippen molar-refractivity contribution >= 4 is 19.8 Å². The van der Waals surface area contributed by atoms with Gasteiger partial charge in [-0.25, -0.2) is 28.2 Å². The molecule has 1 fully saturated rings. The van der Waals surface area contributed by atoms with Gasteiger partial charge in [0.25, 0.3) is 0 Å². The molecule has 12 heteroatoms. The van der Waals surface area contributed by atoms with Crippen LogP contribution in [0.15, 0.2) is 31.0 Å². The van der Waals surface area contributed by atoms with Gasteiger partial charge in [0.2, 0.25) is 5.88 Å². The van der Waals surface area contributed by atoms with E-state index in [0.717, 1.165) is 18.3 Å². The first-order valence-electron chi connectivity index (χ1n) is 13.2. The van der Waals surface area contributed by atoms with Crippen LogP contribution in [0.5, 0.6) is 5.88 Å². The van der Waals surface area contributed by atoms with Crippen molar-refractivity contribution < 1.29 is 17.9 Å². The molecule has 1 N–H and O–H groups in total. The molecule has 5 rings (SSSR count). The Kier molecular flexibility index (Phi) is 7.18. The maximum Gasteiger partial charge on any atom is 0.218 e. The number of nitrogens with one attached hydrogen (secondary N) is 1. The van der Waals surface area contributed by atoms with Crippen LogP contribution in [0.1, 0.15) is 50.9 Å².